The van der Waals surface area contributed by atoms with Crippen LogP contribution in [0.25, 0.3) is 0 Å². The summed E-state index contributed by atoms with van der Waals surface area (Å²) < 4.78 is 27.7. The van der Waals surface area contributed by atoms with Crippen LogP contribution in [0, 0.1) is 6.92 Å². The van der Waals surface area contributed by atoms with Gasteiger partial charge in [-0.2, -0.15) is 4.31 Å². The molecule has 1 saturated heterocycles. The second-order valence-electron chi connectivity index (χ2n) is 6.31. The molecule has 2 rings (SSSR count). The highest BCUT2D eigenvalue weighted by Gasteiger charge is 2.41. The second kappa shape index (κ2) is 6.07. The zero-order valence-electron chi connectivity index (χ0n) is 13.4. The van der Waals surface area contributed by atoms with Gasteiger partial charge in [0, 0.05) is 18.6 Å². The Morgan fingerprint density at radius 3 is 2.62 bits per heavy atom. The fourth-order valence-corrected chi connectivity index (χ4v) is 5.15. The van der Waals surface area contributed by atoms with E-state index in [1.165, 1.54) is 0 Å². The quantitative estimate of drug-likeness (QED) is 0.909. The largest absolute Gasteiger partial charge is 0.313 e. The van der Waals surface area contributed by atoms with Crippen LogP contribution in [0.4, 0.5) is 0 Å². The number of benzene rings is 1. The fraction of sp³-hybridized carbons (Fsp3) is 0.625. The van der Waals surface area contributed by atoms with Crippen LogP contribution in [0.5, 0.6) is 0 Å². The Hall–Kier alpha value is -0.910. The van der Waals surface area contributed by atoms with Crippen LogP contribution in [0.1, 0.15) is 44.7 Å². The van der Waals surface area contributed by atoms with Gasteiger partial charge in [0.2, 0.25) is 10.0 Å². The van der Waals surface area contributed by atoms with E-state index in [0.717, 1.165) is 30.5 Å². The van der Waals surface area contributed by atoms with Crippen molar-refractivity contribution in [3.05, 3.63) is 29.3 Å². The lowest BCUT2D eigenvalue weighted by Gasteiger charge is -2.31. The molecule has 0 amide bonds. The molecule has 21 heavy (non-hydrogen) atoms. The van der Waals surface area contributed by atoms with Gasteiger partial charge >= 0.3 is 0 Å². The van der Waals surface area contributed by atoms with Crippen molar-refractivity contribution in [2.45, 2.75) is 57.5 Å². The smallest absolute Gasteiger partial charge is 0.243 e. The van der Waals surface area contributed by atoms with Crippen LogP contribution in [-0.4, -0.2) is 31.4 Å². The molecule has 1 aliphatic heterocycles. The Kier molecular flexibility index (Phi) is 4.76. The molecule has 5 heteroatoms. The minimum atomic E-state index is -3.42. The van der Waals surface area contributed by atoms with E-state index in [4.69, 9.17) is 0 Å². The van der Waals surface area contributed by atoms with Crippen LogP contribution in [-0.2, 0) is 16.6 Å². The number of hydrogen-bond acceptors (Lipinski definition) is 3. The maximum absolute atomic E-state index is 13.0. The molecule has 1 heterocycles. The number of rotatable bonds is 5. The number of nitrogens with zero attached hydrogens (tertiary/aromatic N) is 1. The van der Waals surface area contributed by atoms with Gasteiger partial charge in [-0.05, 0) is 57.4 Å². The first-order valence-electron chi connectivity index (χ1n) is 7.63. The summed E-state index contributed by atoms with van der Waals surface area (Å²) in [4.78, 5) is 0.452. The third kappa shape index (κ3) is 3.15. The molecule has 1 fully saturated rings. The minimum Gasteiger partial charge on any atom is -0.313 e. The summed E-state index contributed by atoms with van der Waals surface area (Å²) in [5.74, 6) is 0. The van der Waals surface area contributed by atoms with Crippen molar-refractivity contribution in [3.63, 3.8) is 0 Å². The Labute approximate surface area is 128 Å². The van der Waals surface area contributed by atoms with Crippen LogP contribution in [0.15, 0.2) is 23.1 Å². The van der Waals surface area contributed by atoms with Gasteiger partial charge in [-0.3, -0.25) is 0 Å². The Balaban J connectivity index is 2.41. The summed E-state index contributed by atoms with van der Waals surface area (Å²) in [6.45, 7) is 10.2. The average Bonchev–Trinajstić information content (AvgIpc) is 2.77. The molecule has 118 valence electrons. The van der Waals surface area contributed by atoms with Crippen LogP contribution in [0.2, 0.25) is 0 Å². The molecule has 1 N–H and O–H groups in total. The van der Waals surface area contributed by atoms with E-state index in [9.17, 15) is 8.42 Å². The normalized spacial score (nSPS) is 19.0. The summed E-state index contributed by atoms with van der Waals surface area (Å²) in [5, 5.41) is 3.26. The average molecular weight is 310 g/mol. The van der Waals surface area contributed by atoms with Gasteiger partial charge in [0.1, 0.15) is 0 Å². The third-order valence-electron chi connectivity index (χ3n) is 4.35. The molecule has 0 aromatic heterocycles. The summed E-state index contributed by atoms with van der Waals surface area (Å²) in [5.41, 5.74) is 1.62. The highest BCUT2D eigenvalue weighted by atomic mass is 32.2. The minimum absolute atomic E-state index is 0.289. The predicted octanol–water partition coefficient (Wildman–Crippen LogP) is 2.67. The number of nitrogens with one attached hydrogen (secondary N) is 1. The van der Waals surface area contributed by atoms with Crippen LogP contribution in [0.3, 0.4) is 0 Å². The zero-order valence-corrected chi connectivity index (χ0v) is 14.3. The first-order valence-corrected chi connectivity index (χ1v) is 9.07. The topological polar surface area (TPSA) is 49.4 Å². The van der Waals surface area contributed by atoms with Crippen LogP contribution < -0.4 is 5.32 Å². The van der Waals surface area contributed by atoms with Crippen molar-refractivity contribution in [2.24, 2.45) is 0 Å². The lowest BCUT2D eigenvalue weighted by atomic mass is 10.0. The molecule has 1 aromatic rings. The van der Waals surface area contributed by atoms with E-state index in [1.807, 2.05) is 39.8 Å². The molecule has 4 nitrogen and oxygen atoms in total. The molecular formula is C16H26N2O2S. The maximum Gasteiger partial charge on any atom is 0.243 e. The Morgan fingerprint density at radius 1 is 1.33 bits per heavy atom. The number of sulfonamides is 1. The maximum atomic E-state index is 13.0. The highest BCUT2D eigenvalue weighted by molar-refractivity contribution is 7.89. The predicted molar refractivity (Wildman–Crippen MR) is 85.8 cm³/mol. The summed E-state index contributed by atoms with van der Waals surface area (Å²) >= 11 is 0. The molecule has 0 aliphatic carbocycles. The first kappa shape index (κ1) is 16.5. The molecule has 0 bridgehead atoms. The molecule has 0 spiro atoms. The van der Waals surface area contributed by atoms with Gasteiger partial charge in [0.05, 0.1) is 4.90 Å². The molecular weight excluding hydrogens is 284 g/mol. The van der Waals surface area contributed by atoms with E-state index in [2.05, 4.69) is 5.32 Å². The van der Waals surface area contributed by atoms with E-state index in [-0.39, 0.29) is 5.54 Å². The second-order valence-corrected chi connectivity index (χ2v) is 8.14. The molecule has 0 radical (unpaired) electrons. The van der Waals surface area contributed by atoms with Crippen molar-refractivity contribution >= 4 is 10.0 Å². The van der Waals surface area contributed by atoms with Gasteiger partial charge in [-0.15, -0.1) is 0 Å². The van der Waals surface area contributed by atoms with Gasteiger partial charge < -0.3 is 5.32 Å². The highest BCUT2D eigenvalue weighted by Crippen LogP contribution is 2.35. The van der Waals surface area contributed by atoms with Crippen molar-refractivity contribution in [3.8, 4) is 0 Å². The van der Waals surface area contributed by atoms with E-state index in [0.29, 0.717) is 18.0 Å². The Bertz CT molecular complexity index is 609. The van der Waals surface area contributed by atoms with Crippen molar-refractivity contribution < 1.29 is 8.42 Å². The van der Waals surface area contributed by atoms with Gasteiger partial charge in [-0.1, -0.05) is 19.1 Å². The monoisotopic (exact) mass is 310 g/mol. The van der Waals surface area contributed by atoms with Gasteiger partial charge in [0.15, 0.2) is 0 Å². The van der Waals surface area contributed by atoms with Gasteiger partial charge in [-0.25, -0.2) is 8.42 Å². The summed E-state index contributed by atoms with van der Waals surface area (Å²) in [6.07, 6.45) is 1.85. The van der Waals surface area contributed by atoms with Gasteiger partial charge in [0.25, 0.3) is 0 Å². The van der Waals surface area contributed by atoms with Crippen molar-refractivity contribution in [1.82, 2.24) is 9.62 Å². The van der Waals surface area contributed by atoms with E-state index in [1.54, 1.807) is 10.4 Å². The Morgan fingerprint density at radius 2 is 2.05 bits per heavy atom. The third-order valence-corrected chi connectivity index (χ3v) is 6.61. The molecule has 0 atom stereocenters. The summed E-state index contributed by atoms with van der Waals surface area (Å²) in [7, 11) is -3.42. The standard InChI is InChI=1S/C16H26N2O2S/c1-5-17-12-14-8-6-9-15(13(14)2)21(19,20)18-11-7-10-16(18,3)4/h6,8-9,17H,5,7,10-12H2,1-4H3. The van der Waals surface area contributed by atoms with Crippen molar-refractivity contribution in [2.75, 3.05) is 13.1 Å². The lowest BCUT2D eigenvalue weighted by Crippen LogP contribution is -2.42. The molecule has 1 aliphatic rings. The zero-order chi connectivity index (χ0) is 15.7. The lowest BCUT2D eigenvalue weighted by molar-refractivity contribution is 0.291. The fourth-order valence-electron chi connectivity index (χ4n) is 3.04. The first-order chi connectivity index (χ1) is 9.80. The van der Waals surface area contributed by atoms with E-state index < -0.39 is 10.0 Å². The van der Waals surface area contributed by atoms with Crippen LogP contribution >= 0.6 is 0 Å². The SMILES string of the molecule is CCNCc1cccc(S(=O)(=O)N2CCCC2(C)C)c1C. The number of hydrogen-bond donors (Lipinski definition) is 1. The molecule has 0 unspecified atom stereocenters. The van der Waals surface area contributed by atoms with E-state index >= 15 is 0 Å². The molecule has 1 aromatic carbocycles. The van der Waals surface area contributed by atoms with Crippen molar-refractivity contribution in [1.29, 1.82) is 0 Å². The molecule has 0 saturated carbocycles. The summed E-state index contributed by atoms with van der Waals surface area (Å²) in [6, 6.07) is 5.57.